The summed E-state index contributed by atoms with van der Waals surface area (Å²) in [5, 5.41) is 15.7. The van der Waals surface area contributed by atoms with E-state index in [4.69, 9.17) is 10.2 Å². The minimum absolute atomic E-state index is 0.00463. The second-order valence-corrected chi connectivity index (χ2v) is 3.58. The summed E-state index contributed by atoms with van der Waals surface area (Å²) < 4.78 is 0. The normalized spacial score (nSPS) is 7.75. The smallest absolute Gasteiger partial charge is 0.256 e. The molecule has 6 heteroatoms. The van der Waals surface area contributed by atoms with Gasteiger partial charge in [0.2, 0.25) is 0 Å². The van der Waals surface area contributed by atoms with Gasteiger partial charge in [-0.1, -0.05) is 26.7 Å². The van der Waals surface area contributed by atoms with Gasteiger partial charge in [-0.15, -0.1) is 0 Å². The van der Waals surface area contributed by atoms with E-state index in [0.29, 0.717) is 0 Å². The molecular formula is C10H24N2O2S2. The fraction of sp³-hybridized carbons (Fsp3) is 0.800. The van der Waals surface area contributed by atoms with E-state index in [-0.39, 0.29) is 5.17 Å². The fourth-order valence-corrected chi connectivity index (χ4v) is 0.752. The Morgan fingerprint density at radius 2 is 1.25 bits per heavy atom. The van der Waals surface area contributed by atoms with Crippen LogP contribution in [0.4, 0.5) is 0 Å². The zero-order valence-electron chi connectivity index (χ0n) is 10.6. The number of nitrogens with zero attached hydrogens (tertiary/aromatic N) is 1. The van der Waals surface area contributed by atoms with Crippen molar-refractivity contribution in [2.75, 3.05) is 13.1 Å². The number of hydrogen-bond acceptors (Lipinski definition) is 2. The monoisotopic (exact) mass is 268 g/mol. The third kappa shape index (κ3) is 29.2. The van der Waals surface area contributed by atoms with Gasteiger partial charge in [0, 0.05) is 13.1 Å². The minimum atomic E-state index is -0.500. The molecule has 0 atom stereocenters. The van der Waals surface area contributed by atoms with Crippen LogP contribution in [-0.2, 0) is 0 Å². The molecule has 0 heterocycles. The van der Waals surface area contributed by atoms with Gasteiger partial charge in [-0.05, 0) is 38.3 Å². The predicted molar refractivity (Wildman–Crippen MR) is 78.1 cm³/mol. The zero-order chi connectivity index (χ0) is 13.6. The Morgan fingerprint density at radius 3 is 1.25 bits per heavy atom. The van der Waals surface area contributed by atoms with Gasteiger partial charge in [0.1, 0.15) is 0 Å². The van der Waals surface area contributed by atoms with Crippen molar-refractivity contribution in [2.24, 2.45) is 5.73 Å². The Morgan fingerprint density at radius 1 is 1.00 bits per heavy atom. The summed E-state index contributed by atoms with van der Waals surface area (Å²) in [4.78, 5) is 1.70. The van der Waals surface area contributed by atoms with E-state index < -0.39 is 5.17 Å². The Labute approximate surface area is 109 Å². The van der Waals surface area contributed by atoms with E-state index in [1.165, 1.54) is 12.8 Å². The van der Waals surface area contributed by atoms with Crippen LogP contribution in [0.5, 0.6) is 0 Å². The lowest BCUT2D eigenvalue weighted by molar-refractivity contribution is 0.371. The number of nitrogens with two attached hydrogens (primary N) is 1. The molecular weight excluding hydrogens is 244 g/mol. The quantitative estimate of drug-likeness (QED) is 0.684. The van der Waals surface area contributed by atoms with Gasteiger partial charge in [0.15, 0.2) is 0 Å². The highest BCUT2D eigenvalue weighted by molar-refractivity contribution is 7.80. The number of unbranched alkanes of at least 4 members (excludes halogenated alkanes) is 1. The number of aliphatic hydroxyl groups is 2. The highest BCUT2D eigenvalue weighted by atomic mass is 32.1. The second-order valence-electron chi connectivity index (χ2n) is 2.79. The molecule has 16 heavy (non-hydrogen) atoms. The molecule has 4 N–H and O–H groups in total. The third-order valence-corrected chi connectivity index (χ3v) is 1.79. The topological polar surface area (TPSA) is 69.7 Å². The third-order valence-electron chi connectivity index (χ3n) is 1.53. The van der Waals surface area contributed by atoms with Crippen LogP contribution in [0.2, 0.25) is 0 Å². The molecule has 0 aromatic rings. The summed E-state index contributed by atoms with van der Waals surface area (Å²) in [5.74, 6) is 0. The molecule has 0 radical (unpaired) electrons. The Bertz CT molecular complexity index is 168. The van der Waals surface area contributed by atoms with Crippen molar-refractivity contribution in [2.45, 2.75) is 40.5 Å². The van der Waals surface area contributed by atoms with Crippen LogP contribution in [0, 0.1) is 0 Å². The molecule has 0 aliphatic heterocycles. The van der Waals surface area contributed by atoms with Gasteiger partial charge in [-0.25, -0.2) is 0 Å². The summed E-state index contributed by atoms with van der Waals surface area (Å²) >= 11 is 8.37. The average molecular weight is 268 g/mol. The van der Waals surface area contributed by atoms with Crippen molar-refractivity contribution in [3.05, 3.63) is 0 Å². The molecule has 0 saturated heterocycles. The van der Waals surface area contributed by atoms with Gasteiger partial charge in [0.25, 0.3) is 10.3 Å². The van der Waals surface area contributed by atoms with Gasteiger partial charge < -0.3 is 20.8 Å². The minimum Gasteiger partial charge on any atom is -0.487 e. The highest BCUT2D eigenvalue weighted by Gasteiger charge is 1.98. The van der Waals surface area contributed by atoms with E-state index in [9.17, 15) is 0 Å². The molecule has 0 aromatic carbocycles. The largest absolute Gasteiger partial charge is 0.487 e. The van der Waals surface area contributed by atoms with Crippen LogP contribution < -0.4 is 5.73 Å². The lowest BCUT2D eigenvalue weighted by atomic mass is 10.4. The molecule has 0 unspecified atom stereocenters. The SMILES string of the molecule is CCCC.CCN(CC)C(O)=S.NC(O)=S. The maximum Gasteiger partial charge on any atom is 0.256 e. The van der Waals surface area contributed by atoms with E-state index in [0.717, 1.165) is 13.1 Å². The molecule has 0 fully saturated rings. The Hall–Kier alpha value is -0.620. The molecule has 0 aliphatic rings. The van der Waals surface area contributed by atoms with E-state index in [1.807, 2.05) is 13.8 Å². The molecule has 4 nitrogen and oxygen atoms in total. The van der Waals surface area contributed by atoms with E-state index >= 15 is 0 Å². The molecule has 98 valence electrons. The first-order valence-corrected chi connectivity index (χ1v) is 6.15. The van der Waals surface area contributed by atoms with Crippen LogP contribution in [0.1, 0.15) is 40.5 Å². The molecule has 0 aliphatic carbocycles. The van der Waals surface area contributed by atoms with Crippen molar-refractivity contribution in [1.29, 1.82) is 0 Å². The van der Waals surface area contributed by atoms with Crippen molar-refractivity contribution >= 4 is 34.8 Å². The summed E-state index contributed by atoms with van der Waals surface area (Å²) in [6.07, 6.45) is 2.64. The van der Waals surface area contributed by atoms with Crippen molar-refractivity contribution in [1.82, 2.24) is 4.90 Å². The molecule has 0 saturated carbocycles. The zero-order valence-corrected chi connectivity index (χ0v) is 12.2. The summed E-state index contributed by atoms with van der Waals surface area (Å²) in [5.41, 5.74) is 4.40. The van der Waals surface area contributed by atoms with E-state index in [2.05, 4.69) is 44.0 Å². The van der Waals surface area contributed by atoms with Gasteiger partial charge in [-0.3, -0.25) is 0 Å². The standard InChI is InChI=1S/C5H11NOS.C4H10.CH3NOS/c1-3-6(4-2)5(7)8;1-3-4-2;2-1(3)4/h3-4H2,1-2H3,(H,7,8);3-4H2,1-2H3;(H3,2,3,4). The summed E-state index contributed by atoms with van der Waals surface area (Å²) in [6.45, 7) is 9.83. The molecule has 0 bridgehead atoms. The van der Waals surface area contributed by atoms with Gasteiger partial charge in [0.05, 0.1) is 0 Å². The van der Waals surface area contributed by atoms with Crippen LogP contribution in [0.15, 0.2) is 0 Å². The number of aliphatic hydroxyl groups excluding tert-OH is 2. The predicted octanol–water partition coefficient (Wildman–Crippen LogP) is 2.77. The highest BCUT2D eigenvalue weighted by Crippen LogP contribution is 1.85. The van der Waals surface area contributed by atoms with Crippen molar-refractivity contribution < 1.29 is 10.2 Å². The van der Waals surface area contributed by atoms with Crippen LogP contribution in [0.25, 0.3) is 0 Å². The Balaban J connectivity index is -0.000000179. The number of rotatable bonds is 3. The maximum atomic E-state index is 8.67. The fourth-order valence-electron chi connectivity index (χ4n) is 0.494. The van der Waals surface area contributed by atoms with E-state index in [1.54, 1.807) is 4.90 Å². The molecule has 0 amide bonds. The lowest BCUT2D eigenvalue weighted by Crippen LogP contribution is -2.28. The van der Waals surface area contributed by atoms with Gasteiger partial charge in [-0.2, -0.15) is 0 Å². The first kappa shape index (κ1) is 20.8. The molecule has 0 rings (SSSR count). The molecule has 0 aromatic heterocycles. The summed E-state index contributed by atoms with van der Waals surface area (Å²) in [7, 11) is 0. The first-order chi connectivity index (χ1) is 7.37. The summed E-state index contributed by atoms with van der Waals surface area (Å²) in [6, 6.07) is 0. The second kappa shape index (κ2) is 16.8. The number of thiocarbonyl (C=S) groups is 2. The number of hydrogen-bond donors (Lipinski definition) is 3. The van der Waals surface area contributed by atoms with Crippen molar-refractivity contribution in [3.8, 4) is 0 Å². The van der Waals surface area contributed by atoms with Crippen LogP contribution in [-0.4, -0.2) is 38.6 Å². The lowest BCUT2D eigenvalue weighted by Gasteiger charge is -2.15. The Kier molecular flexibility index (Phi) is 21.8. The average Bonchev–Trinajstić information content (AvgIpc) is 2.18. The van der Waals surface area contributed by atoms with Gasteiger partial charge >= 0.3 is 0 Å². The maximum absolute atomic E-state index is 8.67. The first-order valence-electron chi connectivity index (χ1n) is 5.33. The van der Waals surface area contributed by atoms with Crippen LogP contribution in [0.3, 0.4) is 0 Å². The molecule has 0 spiro atoms. The van der Waals surface area contributed by atoms with Crippen molar-refractivity contribution in [3.63, 3.8) is 0 Å². The van der Waals surface area contributed by atoms with Crippen LogP contribution >= 0.6 is 24.4 Å².